The molecule has 6 heteroatoms. The maximum absolute atomic E-state index is 12.4. The fraction of sp³-hybridized carbons (Fsp3) is 0.500. The molecular weight excluding hydrogens is 286 g/mol. The van der Waals surface area contributed by atoms with Crippen LogP contribution in [0.1, 0.15) is 17.5 Å². The lowest BCUT2D eigenvalue weighted by atomic mass is 10.1. The van der Waals surface area contributed by atoms with E-state index in [0.717, 1.165) is 11.1 Å². The van der Waals surface area contributed by atoms with E-state index in [1.54, 1.807) is 7.11 Å². The number of carbonyl (C=O) groups is 2. The van der Waals surface area contributed by atoms with Crippen LogP contribution in [0.3, 0.4) is 0 Å². The van der Waals surface area contributed by atoms with Crippen LogP contribution in [-0.2, 0) is 32.1 Å². The zero-order valence-corrected chi connectivity index (χ0v) is 12.8. The molecule has 1 N–H and O–H groups in total. The first-order valence-electron chi connectivity index (χ1n) is 7.17. The van der Waals surface area contributed by atoms with E-state index in [-0.39, 0.29) is 18.4 Å². The largest absolute Gasteiger partial charge is 0.480 e. The first-order valence-corrected chi connectivity index (χ1v) is 7.17. The summed E-state index contributed by atoms with van der Waals surface area (Å²) in [6.07, 6.45) is 0.295. The number of methoxy groups -OCH3 is 2. The second-order valence-corrected chi connectivity index (χ2v) is 5.42. The zero-order valence-electron chi connectivity index (χ0n) is 12.8. The molecule has 1 heterocycles. The molecule has 1 fully saturated rings. The third-order valence-corrected chi connectivity index (χ3v) is 3.86. The van der Waals surface area contributed by atoms with Crippen molar-refractivity contribution in [3.63, 3.8) is 0 Å². The Morgan fingerprint density at radius 1 is 1.32 bits per heavy atom. The normalized spacial score (nSPS) is 21.1. The Labute approximate surface area is 129 Å². The monoisotopic (exact) mass is 307 g/mol. The van der Waals surface area contributed by atoms with E-state index < -0.39 is 12.0 Å². The van der Waals surface area contributed by atoms with Gasteiger partial charge in [0, 0.05) is 27.2 Å². The highest BCUT2D eigenvalue weighted by molar-refractivity contribution is 5.85. The average molecular weight is 307 g/mol. The van der Waals surface area contributed by atoms with Gasteiger partial charge in [0.2, 0.25) is 5.91 Å². The lowest BCUT2D eigenvalue weighted by molar-refractivity contribution is -0.148. The molecule has 0 spiro atoms. The Kier molecular flexibility index (Phi) is 5.51. The minimum Gasteiger partial charge on any atom is -0.480 e. The predicted molar refractivity (Wildman–Crippen MR) is 79.4 cm³/mol. The summed E-state index contributed by atoms with van der Waals surface area (Å²) in [7, 11) is 3.15. The van der Waals surface area contributed by atoms with E-state index in [4.69, 9.17) is 9.47 Å². The van der Waals surface area contributed by atoms with Crippen LogP contribution in [0.15, 0.2) is 24.3 Å². The van der Waals surface area contributed by atoms with Crippen LogP contribution in [-0.4, -0.2) is 54.8 Å². The number of aliphatic carboxylic acids is 1. The third kappa shape index (κ3) is 3.84. The summed E-state index contributed by atoms with van der Waals surface area (Å²) in [5.41, 5.74) is 1.84. The first kappa shape index (κ1) is 16.5. The number of carbonyl (C=O) groups excluding carboxylic acids is 1. The number of hydrogen-bond donors (Lipinski definition) is 1. The van der Waals surface area contributed by atoms with Crippen molar-refractivity contribution in [3.8, 4) is 0 Å². The van der Waals surface area contributed by atoms with Gasteiger partial charge in [-0.3, -0.25) is 4.79 Å². The van der Waals surface area contributed by atoms with Crippen LogP contribution < -0.4 is 0 Å². The summed E-state index contributed by atoms with van der Waals surface area (Å²) in [5.74, 6) is -1.18. The Bertz CT molecular complexity index is 545. The molecule has 6 nitrogen and oxygen atoms in total. The Hall–Kier alpha value is -1.92. The topological polar surface area (TPSA) is 76.1 Å². The van der Waals surface area contributed by atoms with Crippen molar-refractivity contribution in [2.24, 2.45) is 0 Å². The Morgan fingerprint density at radius 2 is 2.05 bits per heavy atom. The minimum absolute atomic E-state index is 0.178. The number of likely N-dealkylation sites (tertiary alicyclic amines) is 1. The van der Waals surface area contributed by atoms with Gasteiger partial charge in [-0.25, -0.2) is 4.79 Å². The van der Waals surface area contributed by atoms with Crippen LogP contribution in [0.5, 0.6) is 0 Å². The van der Waals surface area contributed by atoms with Gasteiger partial charge in [0.15, 0.2) is 0 Å². The van der Waals surface area contributed by atoms with Crippen molar-refractivity contribution >= 4 is 11.9 Å². The van der Waals surface area contributed by atoms with Gasteiger partial charge in [-0.2, -0.15) is 0 Å². The van der Waals surface area contributed by atoms with Crippen molar-refractivity contribution in [1.82, 2.24) is 4.90 Å². The smallest absolute Gasteiger partial charge is 0.326 e. The SMILES string of the molecule is COCc1cccc(CC(=O)N2CC(OC)CC2C(=O)O)c1. The van der Waals surface area contributed by atoms with Crippen LogP contribution in [0, 0.1) is 0 Å². The molecule has 1 aliphatic rings. The summed E-state index contributed by atoms with van der Waals surface area (Å²) >= 11 is 0. The van der Waals surface area contributed by atoms with E-state index in [9.17, 15) is 14.7 Å². The molecule has 1 aromatic rings. The number of hydrogen-bond acceptors (Lipinski definition) is 4. The fourth-order valence-electron chi connectivity index (χ4n) is 2.75. The molecule has 1 aromatic carbocycles. The quantitative estimate of drug-likeness (QED) is 0.851. The van der Waals surface area contributed by atoms with E-state index >= 15 is 0 Å². The number of nitrogens with zero attached hydrogens (tertiary/aromatic N) is 1. The Balaban J connectivity index is 2.07. The number of amides is 1. The highest BCUT2D eigenvalue weighted by atomic mass is 16.5. The van der Waals surface area contributed by atoms with Gasteiger partial charge in [0.1, 0.15) is 6.04 Å². The van der Waals surface area contributed by atoms with E-state index in [0.29, 0.717) is 19.6 Å². The molecule has 1 aliphatic heterocycles. The van der Waals surface area contributed by atoms with Crippen molar-refractivity contribution in [2.75, 3.05) is 20.8 Å². The maximum Gasteiger partial charge on any atom is 0.326 e. The van der Waals surface area contributed by atoms with Crippen molar-refractivity contribution in [3.05, 3.63) is 35.4 Å². The molecule has 0 bridgehead atoms. The molecule has 120 valence electrons. The predicted octanol–water partition coefficient (Wildman–Crippen LogP) is 1.08. The molecule has 22 heavy (non-hydrogen) atoms. The van der Waals surface area contributed by atoms with Gasteiger partial charge in [-0.1, -0.05) is 24.3 Å². The van der Waals surface area contributed by atoms with E-state index in [2.05, 4.69) is 0 Å². The lowest BCUT2D eigenvalue weighted by Crippen LogP contribution is -2.41. The molecule has 0 radical (unpaired) electrons. The molecule has 0 saturated carbocycles. The standard InChI is InChI=1S/C16H21NO5/c1-21-10-12-5-3-4-11(6-12)7-15(18)17-9-13(22-2)8-14(17)16(19)20/h3-6,13-14H,7-10H2,1-2H3,(H,19,20). The highest BCUT2D eigenvalue weighted by Gasteiger charge is 2.39. The van der Waals surface area contributed by atoms with Gasteiger partial charge >= 0.3 is 5.97 Å². The highest BCUT2D eigenvalue weighted by Crippen LogP contribution is 2.21. The average Bonchev–Trinajstić information content (AvgIpc) is 2.92. The number of carboxylic acids is 1. The molecular formula is C16H21NO5. The molecule has 2 rings (SSSR count). The van der Waals surface area contributed by atoms with E-state index in [1.165, 1.54) is 12.0 Å². The molecule has 0 aromatic heterocycles. The van der Waals surface area contributed by atoms with Crippen molar-refractivity contribution in [1.29, 1.82) is 0 Å². The second kappa shape index (κ2) is 7.38. The van der Waals surface area contributed by atoms with Gasteiger partial charge in [-0.05, 0) is 11.1 Å². The van der Waals surface area contributed by atoms with Crippen molar-refractivity contribution in [2.45, 2.75) is 31.6 Å². The van der Waals surface area contributed by atoms with Crippen LogP contribution in [0.2, 0.25) is 0 Å². The van der Waals surface area contributed by atoms with Crippen LogP contribution in [0.4, 0.5) is 0 Å². The van der Waals surface area contributed by atoms with Crippen LogP contribution in [0.25, 0.3) is 0 Å². The first-order chi connectivity index (χ1) is 10.5. The second-order valence-electron chi connectivity index (χ2n) is 5.42. The molecule has 0 aliphatic carbocycles. The summed E-state index contributed by atoms with van der Waals surface area (Å²) in [6, 6.07) is 6.75. The number of benzene rings is 1. The molecule has 1 amide bonds. The third-order valence-electron chi connectivity index (χ3n) is 3.86. The van der Waals surface area contributed by atoms with Gasteiger partial charge in [-0.15, -0.1) is 0 Å². The van der Waals surface area contributed by atoms with E-state index in [1.807, 2.05) is 24.3 Å². The van der Waals surface area contributed by atoms with Crippen molar-refractivity contribution < 1.29 is 24.2 Å². The van der Waals surface area contributed by atoms with Gasteiger partial charge in [0.05, 0.1) is 19.1 Å². The minimum atomic E-state index is -0.985. The summed E-state index contributed by atoms with van der Waals surface area (Å²) in [4.78, 5) is 25.1. The zero-order chi connectivity index (χ0) is 16.1. The molecule has 2 atom stereocenters. The number of rotatable bonds is 6. The summed E-state index contributed by atoms with van der Waals surface area (Å²) < 4.78 is 10.3. The summed E-state index contributed by atoms with van der Waals surface area (Å²) in [6.45, 7) is 0.805. The Morgan fingerprint density at radius 3 is 2.68 bits per heavy atom. The lowest BCUT2D eigenvalue weighted by Gasteiger charge is -2.21. The molecule has 2 unspecified atom stereocenters. The summed E-state index contributed by atoms with van der Waals surface area (Å²) in [5, 5.41) is 9.26. The molecule has 1 saturated heterocycles. The number of carboxylic acid groups (broad SMARTS) is 1. The van der Waals surface area contributed by atoms with Gasteiger partial charge < -0.3 is 19.5 Å². The van der Waals surface area contributed by atoms with Crippen LogP contribution >= 0.6 is 0 Å². The number of ether oxygens (including phenoxy) is 2. The maximum atomic E-state index is 12.4. The fourth-order valence-corrected chi connectivity index (χ4v) is 2.75. The van der Waals surface area contributed by atoms with Gasteiger partial charge in [0.25, 0.3) is 0 Å².